The number of rotatable bonds is 3. The van der Waals surface area contributed by atoms with Crippen molar-refractivity contribution in [1.29, 1.82) is 0 Å². The van der Waals surface area contributed by atoms with Gasteiger partial charge in [-0.1, -0.05) is 31.5 Å². The van der Waals surface area contributed by atoms with E-state index in [4.69, 9.17) is 10.5 Å². The van der Waals surface area contributed by atoms with Crippen molar-refractivity contribution in [2.24, 2.45) is 5.73 Å². The highest BCUT2D eigenvalue weighted by molar-refractivity contribution is 5.85. The topological polar surface area (TPSA) is 71.3 Å². The Bertz CT molecular complexity index is 774. The van der Waals surface area contributed by atoms with E-state index in [-0.39, 0.29) is 17.6 Å². The average Bonchev–Trinajstić information content (AvgIpc) is 3.03. The lowest BCUT2D eigenvalue weighted by Crippen LogP contribution is -2.52. The summed E-state index contributed by atoms with van der Waals surface area (Å²) in [6.45, 7) is 4.24. The highest BCUT2D eigenvalue weighted by Gasteiger charge is 2.43. The molecule has 1 atom stereocenters. The summed E-state index contributed by atoms with van der Waals surface area (Å²) in [6.07, 6.45) is 4.30. The molecular formula is C20H27N3O2. The number of fused-ring (bicyclic) bond motifs is 4. The summed E-state index contributed by atoms with van der Waals surface area (Å²) in [5.74, 6) is 0.0874. The van der Waals surface area contributed by atoms with E-state index >= 15 is 0 Å². The molecule has 2 aliphatic heterocycles. The van der Waals surface area contributed by atoms with Gasteiger partial charge >= 0.3 is 0 Å². The number of amides is 1. The number of carbonyl (C=O) groups is 1. The number of hydrogen-bond donors (Lipinski definition) is 2. The van der Waals surface area contributed by atoms with Gasteiger partial charge in [0.25, 0.3) is 0 Å². The molecule has 5 nitrogen and oxygen atoms in total. The smallest absolute Gasteiger partial charge is 0.239 e. The van der Waals surface area contributed by atoms with Crippen LogP contribution in [0.3, 0.4) is 0 Å². The molecule has 0 bridgehead atoms. The predicted octanol–water partition coefficient (Wildman–Crippen LogP) is 2.69. The van der Waals surface area contributed by atoms with Crippen LogP contribution in [0.4, 0.5) is 0 Å². The van der Waals surface area contributed by atoms with Crippen molar-refractivity contribution in [2.45, 2.75) is 50.7 Å². The molecule has 134 valence electrons. The fraction of sp³-hybridized carbons (Fsp3) is 0.550. The zero-order valence-electron chi connectivity index (χ0n) is 14.9. The van der Waals surface area contributed by atoms with E-state index < -0.39 is 0 Å². The van der Waals surface area contributed by atoms with Crippen molar-refractivity contribution in [3.63, 3.8) is 0 Å². The number of aromatic nitrogens is 1. The van der Waals surface area contributed by atoms with Gasteiger partial charge in [0, 0.05) is 24.0 Å². The fourth-order valence-corrected chi connectivity index (χ4v) is 4.42. The second kappa shape index (κ2) is 6.46. The summed E-state index contributed by atoms with van der Waals surface area (Å²) in [5.41, 5.74) is 9.55. The molecule has 1 aromatic carbocycles. The van der Waals surface area contributed by atoms with Crippen molar-refractivity contribution in [1.82, 2.24) is 9.88 Å². The van der Waals surface area contributed by atoms with E-state index in [1.807, 2.05) is 4.90 Å². The Morgan fingerprint density at radius 3 is 2.88 bits per heavy atom. The molecule has 4 rings (SSSR count). The molecule has 0 radical (unpaired) electrons. The van der Waals surface area contributed by atoms with Gasteiger partial charge in [0.05, 0.1) is 18.3 Å². The number of nitrogens with zero attached hydrogens (tertiary/aromatic N) is 1. The number of carbonyl (C=O) groups excluding carboxylic acids is 1. The maximum atomic E-state index is 12.5. The maximum absolute atomic E-state index is 12.5. The number of benzene rings is 1. The van der Waals surface area contributed by atoms with Crippen LogP contribution in [-0.2, 0) is 21.6 Å². The standard InChI is InChI=1S/C20H27N3O2/c1-2-5-16(21)19(24)23-11-9-20(10-12-23)18-15(8-13-25-20)14-6-3-4-7-17(14)22-18/h3-4,6-7,16,22H,2,5,8-13,21H2,1H3/t16-/m0/s1. The number of nitrogens with two attached hydrogens (primary N) is 1. The van der Waals surface area contributed by atoms with Gasteiger partial charge < -0.3 is 20.4 Å². The van der Waals surface area contributed by atoms with Crippen LogP contribution < -0.4 is 5.73 Å². The highest BCUT2D eigenvalue weighted by atomic mass is 16.5. The number of H-pyrrole nitrogens is 1. The van der Waals surface area contributed by atoms with Gasteiger partial charge in [0.15, 0.2) is 0 Å². The van der Waals surface area contributed by atoms with Crippen LogP contribution >= 0.6 is 0 Å². The molecule has 1 fully saturated rings. The summed E-state index contributed by atoms with van der Waals surface area (Å²) in [7, 11) is 0. The third kappa shape index (κ3) is 2.75. The van der Waals surface area contributed by atoms with Crippen LogP contribution in [0.15, 0.2) is 24.3 Å². The Morgan fingerprint density at radius 2 is 2.12 bits per heavy atom. The fourth-order valence-electron chi connectivity index (χ4n) is 4.42. The molecule has 0 unspecified atom stereocenters. The number of para-hydroxylation sites is 1. The monoisotopic (exact) mass is 341 g/mol. The quantitative estimate of drug-likeness (QED) is 0.902. The molecule has 5 heteroatoms. The van der Waals surface area contributed by atoms with Gasteiger partial charge in [-0.2, -0.15) is 0 Å². The molecule has 25 heavy (non-hydrogen) atoms. The SMILES string of the molecule is CCC[C@H](N)C(=O)N1CCC2(CC1)OCCc1c2[nH]c2ccccc12. The molecule has 3 N–H and O–H groups in total. The van der Waals surface area contributed by atoms with Crippen molar-refractivity contribution < 1.29 is 9.53 Å². The summed E-state index contributed by atoms with van der Waals surface area (Å²) in [6, 6.07) is 8.11. The lowest BCUT2D eigenvalue weighted by molar-refractivity contribution is -0.142. The second-order valence-corrected chi connectivity index (χ2v) is 7.34. The third-order valence-corrected chi connectivity index (χ3v) is 5.80. The van der Waals surface area contributed by atoms with E-state index in [0.29, 0.717) is 13.1 Å². The number of aromatic amines is 1. The largest absolute Gasteiger partial charge is 0.368 e. The number of likely N-dealkylation sites (tertiary alicyclic amines) is 1. The molecule has 0 saturated carbocycles. The average molecular weight is 341 g/mol. The second-order valence-electron chi connectivity index (χ2n) is 7.34. The van der Waals surface area contributed by atoms with Gasteiger partial charge in [0.2, 0.25) is 5.91 Å². The van der Waals surface area contributed by atoms with E-state index in [1.165, 1.54) is 22.2 Å². The van der Waals surface area contributed by atoms with Crippen molar-refractivity contribution in [3.05, 3.63) is 35.5 Å². The molecule has 3 heterocycles. The Kier molecular flexibility index (Phi) is 4.29. The molecule has 1 aromatic heterocycles. The first-order valence-corrected chi connectivity index (χ1v) is 9.43. The van der Waals surface area contributed by atoms with E-state index in [1.54, 1.807) is 0 Å². The third-order valence-electron chi connectivity index (χ3n) is 5.80. The summed E-state index contributed by atoms with van der Waals surface area (Å²) >= 11 is 0. The highest BCUT2D eigenvalue weighted by Crippen LogP contribution is 2.43. The van der Waals surface area contributed by atoms with E-state index in [0.717, 1.165) is 38.7 Å². The maximum Gasteiger partial charge on any atom is 0.239 e. The molecule has 1 amide bonds. The van der Waals surface area contributed by atoms with Gasteiger partial charge in [-0.05, 0) is 37.3 Å². The minimum absolute atomic E-state index is 0.0874. The van der Waals surface area contributed by atoms with Crippen molar-refractivity contribution in [3.8, 4) is 0 Å². The lowest BCUT2D eigenvalue weighted by Gasteiger charge is -2.44. The molecule has 1 spiro atoms. The van der Waals surface area contributed by atoms with Crippen molar-refractivity contribution in [2.75, 3.05) is 19.7 Å². The first-order valence-electron chi connectivity index (χ1n) is 9.43. The van der Waals surface area contributed by atoms with Crippen LogP contribution in [-0.4, -0.2) is 41.5 Å². The van der Waals surface area contributed by atoms with Crippen molar-refractivity contribution >= 4 is 16.8 Å². The Morgan fingerprint density at radius 1 is 1.36 bits per heavy atom. The Labute approximate surface area is 148 Å². The summed E-state index contributed by atoms with van der Waals surface area (Å²) < 4.78 is 6.30. The van der Waals surface area contributed by atoms with Gasteiger partial charge in [-0.3, -0.25) is 4.79 Å². The first-order chi connectivity index (χ1) is 12.1. The zero-order valence-corrected chi connectivity index (χ0v) is 14.9. The van der Waals surface area contributed by atoms with Gasteiger partial charge in [-0.15, -0.1) is 0 Å². The number of nitrogens with one attached hydrogen (secondary N) is 1. The van der Waals surface area contributed by atoms with Crippen LogP contribution in [0.25, 0.3) is 10.9 Å². The number of hydrogen-bond acceptors (Lipinski definition) is 3. The minimum Gasteiger partial charge on any atom is -0.368 e. The normalized spacial score (nSPS) is 20.6. The van der Waals surface area contributed by atoms with E-state index in [2.05, 4.69) is 36.2 Å². The Hall–Kier alpha value is -1.85. The zero-order chi connectivity index (χ0) is 17.4. The Balaban J connectivity index is 1.57. The van der Waals surface area contributed by atoms with Crippen LogP contribution in [0, 0.1) is 0 Å². The molecule has 0 aliphatic carbocycles. The van der Waals surface area contributed by atoms with Gasteiger partial charge in [0.1, 0.15) is 5.60 Å². The summed E-state index contributed by atoms with van der Waals surface area (Å²) in [4.78, 5) is 18.0. The molecule has 1 saturated heterocycles. The molecule has 2 aromatic rings. The number of ether oxygens (including phenoxy) is 1. The first kappa shape index (κ1) is 16.6. The van der Waals surface area contributed by atoms with E-state index in [9.17, 15) is 4.79 Å². The molecule has 2 aliphatic rings. The minimum atomic E-state index is -0.366. The summed E-state index contributed by atoms with van der Waals surface area (Å²) in [5, 5.41) is 1.31. The predicted molar refractivity (Wildman–Crippen MR) is 98.3 cm³/mol. The van der Waals surface area contributed by atoms with Crippen LogP contribution in [0.2, 0.25) is 0 Å². The van der Waals surface area contributed by atoms with Gasteiger partial charge in [-0.25, -0.2) is 0 Å². The van der Waals surface area contributed by atoms with Crippen LogP contribution in [0.1, 0.15) is 43.9 Å². The lowest BCUT2D eigenvalue weighted by atomic mass is 9.83. The number of piperidine rings is 1. The molecular weight excluding hydrogens is 314 g/mol. The van der Waals surface area contributed by atoms with Crippen LogP contribution in [0.5, 0.6) is 0 Å².